The molecule has 110 valence electrons. The molecule has 1 amide bonds. The van der Waals surface area contributed by atoms with Crippen molar-refractivity contribution in [3.05, 3.63) is 42.1 Å². The lowest BCUT2D eigenvalue weighted by molar-refractivity contribution is 0.0623. The second-order valence-corrected chi connectivity index (χ2v) is 6.20. The van der Waals surface area contributed by atoms with E-state index in [9.17, 15) is 4.79 Å². The van der Waals surface area contributed by atoms with Crippen LogP contribution in [-0.2, 0) is 0 Å². The third kappa shape index (κ3) is 2.99. The third-order valence-electron chi connectivity index (χ3n) is 4.10. The third-order valence-corrected chi connectivity index (χ3v) is 4.10. The summed E-state index contributed by atoms with van der Waals surface area (Å²) in [5, 5.41) is 6.88. The number of rotatable bonds is 2. The molecule has 0 spiro atoms. The Hall–Kier alpha value is -2.10. The van der Waals surface area contributed by atoms with E-state index in [1.165, 1.54) is 6.42 Å². The number of piperidine rings is 1. The topological polar surface area (TPSA) is 49.0 Å². The van der Waals surface area contributed by atoms with Gasteiger partial charge in [0.15, 0.2) is 0 Å². The van der Waals surface area contributed by atoms with E-state index >= 15 is 0 Å². The Morgan fingerprint density at radius 3 is 2.38 bits per heavy atom. The lowest BCUT2D eigenvalue weighted by atomic mass is 9.91. The fourth-order valence-electron chi connectivity index (χ4n) is 3.22. The number of nitrogens with one attached hydrogen (secondary N) is 1. The Labute approximate surface area is 125 Å². The van der Waals surface area contributed by atoms with Gasteiger partial charge in [-0.05, 0) is 42.0 Å². The van der Waals surface area contributed by atoms with Gasteiger partial charge in [0.05, 0.1) is 5.69 Å². The van der Waals surface area contributed by atoms with Crippen LogP contribution in [0.15, 0.2) is 36.5 Å². The highest BCUT2D eigenvalue weighted by Crippen LogP contribution is 2.23. The van der Waals surface area contributed by atoms with Crippen LogP contribution in [0.1, 0.15) is 30.6 Å². The van der Waals surface area contributed by atoms with Gasteiger partial charge >= 0.3 is 0 Å². The van der Waals surface area contributed by atoms with Crippen molar-refractivity contribution in [2.45, 2.75) is 20.3 Å². The number of hydrogen-bond donors (Lipinski definition) is 1. The summed E-state index contributed by atoms with van der Waals surface area (Å²) in [6.07, 6.45) is 2.94. The first-order valence-electron chi connectivity index (χ1n) is 7.52. The van der Waals surface area contributed by atoms with Crippen LogP contribution in [0, 0.1) is 11.8 Å². The molecule has 3 rings (SSSR count). The number of aromatic nitrogens is 2. The molecule has 1 aliphatic rings. The van der Waals surface area contributed by atoms with Crippen molar-refractivity contribution in [1.82, 2.24) is 15.1 Å². The van der Waals surface area contributed by atoms with Crippen LogP contribution in [0.4, 0.5) is 0 Å². The minimum atomic E-state index is 0.143. The van der Waals surface area contributed by atoms with E-state index in [-0.39, 0.29) is 5.91 Å². The van der Waals surface area contributed by atoms with E-state index in [0.717, 1.165) is 29.9 Å². The number of benzene rings is 1. The molecule has 4 heteroatoms. The minimum Gasteiger partial charge on any atom is -0.338 e. The zero-order chi connectivity index (χ0) is 14.8. The van der Waals surface area contributed by atoms with Crippen molar-refractivity contribution in [2.24, 2.45) is 11.8 Å². The zero-order valence-electron chi connectivity index (χ0n) is 12.5. The Bertz CT molecular complexity index is 593. The molecule has 1 aromatic carbocycles. The second-order valence-electron chi connectivity index (χ2n) is 6.20. The molecule has 2 aromatic rings. The average Bonchev–Trinajstić information content (AvgIpc) is 3.00. The van der Waals surface area contributed by atoms with Crippen LogP contribution >= 0.6 is 0 Å². The van der Waals surface area contributed by atoms with Crippen molar-refractivity contribution < 1.29 is 4.79 Å². The number of likely N-dealkylation sites (tertiary alicyclic amines) is 1. The van der Waals surface area contributed by atoms with E-state index in [1.54, 1.807) is 6.20 Å². The van der Waals surface area contributed by atoms with E-state index < -0.39 is 0 Å². The molecular formula is C17H21N3O. The molecular weight excluding hydrogens is 262 g/mol. The van der Waals surface area contributed by atoms with E-state index in [2.05, 4.69) is 24.0 Å². The molecule has 4 nitrogen and oxygen atoms in total. The SMILES string of the molecule is CC1CC(C)CN(C(=O)c2ccc(-c3ccn[nH]3)cc2)C1. The van der Waals surface area contributed by atoms with Crippen LogP contribution < -0.4 is 0 Å². The molecule has 2 unspecified atom stereocenters. The average molecular weight is 283 g/mol. The first-order chi connectivity index (χ1) is 10.1. The fraction of sp³-hybridized carbons (Fsp3) is 0.412. The monoisotopic (exact) mass is 283 g/mol. The van der Waals surface area contributed by atoms with Gasteiger partial charge in [0.1, 0.15) is 0 Å². The predicted molar refractivity (Wildman–Crippen MR) is 82.9 cm³/mol. The first kappa shape index (κ1) is 13.9. The highest BCUT2D eigenvalue weighted by molar-refractivity contribution is 5.94. The number of H-pyrrole nitrogens is 1. The first-order valence-corrected chi connectivity index (χ1v) is 7.52. The number of carbonyl (C=O) groups is 1. The highest BCUT2D eigenvalue weighted by atomic mass is 16.2. The maximum absolute atomic E-state index is 12.6. The molecule has 0 bridgehead atoms. The standard InChI is InChI=1S/C17H21N3O/c1-12-9-13(2)11-20(10-12)17(21)15-5-3-14(4-6-15)16-7-8-18-19-16/h3-8,12-13H,9-11H2,1-2H3,(H,18,19). The maximum atomic E-state index is 12.6. The van der Waals surface area contributed by atoms with Crippen molar-refractivity contribution in [1.29, 1.82) is 0 Å². The van der Waals surface area contributed by atoms with E-state index in [1.807, 2.05) is 35.2 Å². The lowest BCUT2D eigenvalue weighted by Gasteiger charge is -2.35. The quantitative estimate of drug-likeness (QED) is 0.920. The zero-order valence-corrected chi connectivity index (χ0v) is 12.5. The summed E-state index contributed by atoms with van der Waals surface area (Å²) in [5.41, 5.74) is 2.78. The molecule has 0 aliphatic carbocycles. The van der Waals surface area contributed by atoms with Crippen LogP contribution in [0.25, 0.3) is 11.3 Å². The van der Waals surface area contributed by atoms with Gasteiger partial charge in [-0.25, -0.2) is 0 Å². The van der Waals surface area contributed by atoms with Crippen molar-refractivity contribution >= 4 is 5.91 Å². The van der Waals surface area contributed by atoms with Gasteiger partial charge in [0, 0.05) is 24.8 Å². The number of aromatic amines is 1. The van der Waals surface area contributed by atoms with Crippen LogP contribution in [0.3, 0.4) is 0 Å². The molecule has 0 radical (unpaired) electrons. The number of hydrogen-bond acceptors (Lipinski definition) is 2. The van der Waals surface area contributed by atoms with Gasteiger partial charge in [0.25, 0.3) is 5.91 Å². The van der Waals surface area contributed by atoms with Gasteiger partial charge in [-0.3, -0.25) is 9.89 Å². The van der Waals surface area contributed by atoms with Gasteiger partial charge < -0.3 is 4.90 Å². The van der Waals surface area contributed by atoms with Crippen molar-refractivity contribution in [3.8, 4) is 11.3 Å². The van der Waals surface area contributed by atoms with Crippen molar-refractivity contribution in [3.63, 3.8) is 0 Å². The summed E-state index contributed by atoms with van der Waals surface area (Å²) >= 11 is 0. The Balaban J connectivity index is 1.76. The van der Waals surface area contributed by atoms with Gasteiger partial charge in [0.2, 0.25) is 0 Å². The summed E-state index contributed by atoms with van der Waals surface area (Å²) in [4.78, 5) is 14.6. The van der Waals surface area contributed by atoms with E-state index in [4.69, 9.17) is 0 Å². The molecule has 2 atom stereocenters. The molecule has 1 saturated heterocycles. The second kappa shape index (κ2) is 5.72. The molecule has 1 N–H and O–H groups in total. The number of carbonyl (C=O) groups excluding carboxylic acids is 1. The lowest BCUT2D eigenvalue weighted by Crippen LogP contribution is -2.42. The fourth-order valence-corrected chi connectivity index (χ4v) is 3.22. The van der Waals surface area contributed by atoms with Gasteiger partial charge in [-0.1, -0.05) is 26.0 Å². The van der Waals surface area contributed by atoms with Crippen molar-refractivity contribution in [2.75, 3.05) is 13.1 Å². The van der Waals surface area contributed by atoms with Gasteiger partial charge in [-0.15, -0.1) is 0 Å². The Morgan fingerprint density at radius 1 is 1.14 bits per heavy atom. The minimum absolute atomic E-state index is 0.143. The van der Waals surface area contributed by atoms with Gasteiger partial charge in [-0.2, -0.15) is 5.10 Å². The normalized spacial score (nSPS) is 22.3. The van der Waals surface area contributed by atoms with Crippen LogP contribution in [0.2, 0.25) is 0 Å². The molecule has 1 aromatic heterocycles. The molecule has 1 aliphatic heterocycles. The molecule has 21 heavy (non-hydrogen) atoms. The van der Waals surface area contributed by atoms with E-state index in [0.29, 0.717) is 11.8 Å². The largest absolute Gasteiger partial charge is 0.338 e. The number of amides is 1. The summed E-state index contributed by atoms with van der Waals surface area (Å²) in [6, 6.07) is 9.67. The van der Waals surface area contributed by atoms with Crippen LogP contribution in [-0.4, -0.2) is 34.1 Å². The molecule has 2 heterocycles. The number of nitrogens with zero attached hydrogens (tertiary/aromatic N) is 2. The predicted octanol–water partition coefficient (Wildman–Crippen LogP) is 3.19. The highest BCUT2D eigenvalue weighted by Gasteiger charge is 2.25. The summed E-state index contributed by atoms with van der Waals surface area (Å²) < 4.78 is 0. The summed E-state index contributed by atoms with van der Waals surface area (Å²) in [6.45, 7) is 6.17. The van der Waals surface area contributed by atoms with Crippen LogP contribution in [0.5, 0.6) is 0 Å². The maximum Gasteiger partial charge on any atom is 0.253 e. The summed E-state index contributed by atoms with van der Waals surface area (Å²) in [7, 11) is 0. The summed E-state index contributed by atoms with van der Waals surface area (Å²) in [5.74, 6) is 1.31. The molecule has 1 fully saturated rings. The molecule has 0 saturated carbocycles. The Morgan fingerprint density at radius 2 is 1.81 bits per heavy atom. The smallest absolute Gasteiger partial charge is 0.253 e. The Kier molecular flexibility index (Phi) is 3.78.